The fourth-order valence-corrected chi connectivity index (χ4v) is 2.66. The number of hydrogen-bond donors (Lipinski definition) is 2. The Morgan fingerprint density at radius 1 is 0.739 bits per heavy atom. The topological polar surface area (TPSA) is 87.5 Å². The van der Waals surface area contributed by atoms with E-state index in [1.165, 1.54) is 77.0 Å². The molecule has 0 heterocycles. The maximum atomic E-state index is 10.4. The zero-order valence-corrected chi connectivity index (χ0v) is 17.4. The molecule has 0 aromatic heterocycles. The monoisotopic (exact) mass is 340 g/mol. The molecule has 0 rings (SSSR count). The minimum atomic E-state index is -1.16. The maximum Gasteiger partial charge on any atom is 1.00 e. The van der Waals surface area contributed by atoms with E-state index in [4.69, 9.17) is 10.2 Å². The predicted octanol–water partition coefficient (Wildman–Crippen LogP) is 2.13. The zero-order chi connectivity index (χ0) is 15.8. The van der Waals surface area contributed by atoms with E-state index in [-0.39, 0.29) is 35.0 Å². The molecule has 0 aliphatic carbocycles. The number of aliphatic carboxylic acids is 1. The van der Waals surface area contributed by atoms with Crippen LogP contribution in [-0.4, -0.2) is 27.8 Å². The Morgan fingerprint density at radius 3 is 1.35 bits per heavy atom. The summed E-state index contributed by atoms with van der Waals surface area (Å²) in [5, 5.41) is 17.7. The van der Waals surface area contributed by atoms with Gasteiger partial charge in [0, 0.05) is 0 Å². The van der Waals surface area contributed by atoms with Crippen molar-refractivity contribution in [3.63, 3.8) is 0 Å². The molecule has 0 spiro atoms. The predicted molar refractivity (Wildman–Crippen MR) is 90.5 cm³/mol. The summed E-state index contributed by atoms with van der Waals surface area (Å²) < 4.78 is 0. The number of carboxylic acid groups (broad SMARTS) is 1. The van der Waals surface area contributed by atoms with E-state index in [2.05, 4.69) is 6.92 Å². The molecule has 0 aliphatic rings. The first-order chi connectivity index (χ1) is 10.2. The third-order valence-electron chi connectivity index (χ3n) is 4.12. The van der Waals surface area contributed by atoms with Gasteiger partial charge in [-0.05, 0) is 6.42 Å². The summed E-state index contributed by atoms with van der Waals surface area (Å²) in [7, 11) is 0. The van der Waals surface area contributed by atoms with Crippen LogP contribution in [0.2, 0.25) is 0 Å². The third-order valence-corrected chi connectivity index (χ3v) is 4.12. The number of unbranched alkanes of at least 4 members (excludes halogenated alkanes) is 13. The minimum Gasteiger partial charge on any atom is -0.870 e. The van der Waals surface area contributed by atoms with E-state index in [9.17, 15) is 4.79 Å². The molecular formula is C18H37NaO4. The number of aliphatic hydroxyl groups excluding tert-OH is 1. The van der Waals surface area contributed by atoms with Crippen LogP contribution in [0.3, 0.4) is 0 Å². The van der Waals surface area contributed by atoms with Crippen molar-refractivity contribution in [2.75, 3.05) is 0 Å². The molecule has 0 aromatic carbocycles. The van der Waals surface area contributed by atoms with Gasteiger partial charge >= 0.3 is 35.5 Å². The summed E-state index contributed by atoms with van der Waals surface area (Å²) in [5.41, 5.74) is 0. The Bertz CT molecular complexity index is 237. The van der Waals surface area contributed by atoms with Crippen LogP contribution in [0.4, 0.5) is 0 Å². The van der Waals surface area contributed by atoms with Gasteiger partial charge in [-0.2, -0.15) is 0 Å². The maximum absolute atomic E-state index is 10.4. The Hall–Kier alpha value is 0.390. The Morgan fingerprint density at radius 2 is 1.04 bits per heavy atom. The average molecular weight is 340 g/mol. The van der Waals surface area contributed by atoms with Crippen molar-refractivity contribution in [2.24, 2.45) is 0 Å². The smallest absolute Gasteiger partial charge is 0.870 e. The number of carbonyl (C=O) groups is 1. The number of rotatable bonds is 16. The van der Waals surface area contributed by atoms with Crippen LogP contribution in [0.5, 0.6) is 0 Å². The van der Waals surface area contributed by atoms with Crippen LogP contribution in [0, 0.1) is 0 Å². The van der Waals surface area contributed by atoms with Gasteiger partial charge < -0.3 is 15.7 Å². The SMILES string of the molecule is CCCCCCCCCCCCCCCCC(O)C(=O)O.[Na+].[OH-]. The van der Waals surface area contributed by atoms with E-state index < -0.39 is 12.1 Å². The summed E-state index contributed by atoms with van der Waals surface area (Å²) in [6.07, 6.45) is 17.3. The van der Waals surface area contributed by atoms with Crippen LogP contribution in [-0.2, 0) is 4.79 Å². The van der Waals surface area contributed by atoms with Crippen molar-refractivity contribution in [1.82, 2.24) is 0 Å². The molecule has 23 heavy (non-hydrogen) atoms. The Kier molecular flexibility index (Phi) is 27.5. The molecule has 0 saturated heterocycles. The van der Waals surface area contributed by atoms with Crippen molar-refractivity contribution in [3.05, 3.63) is 0 Å². The summed E-state index contributed by atoms with van der Waals surface area (Å²) in [6.45, 7) is 2.26. The molecule has 0 aromatic rings. The normalized spacial score (nSPS) is 11.4. The van der Waals surface area contributed by atoms with E-state index in [1.807, 2.05) is 0 Å². The zero-order valence-electron chi connectivity index (χ0n) is 15.4. The van der Waals surface area contributed by atoms with Crippen LogP contribution >= 0.6 is 0 Å². The molecule has 0 saturated carbocycles. The molecule has 3 N–H and O–H groups in total. The van der Waals surface area contributed by atoms with Gasteiger partial charge in [0.2, 0.25) is 0 Å². The molecule has 5 heteroatoms. The van der Waals surface area contributed by atoms with Crippen molar-refractivity contribution < 1.29 is 50.0 Å². The fourth-order valence-electron chi connectivity index (χ4n) is 2.66. The first kappa shape index (κ1) is 28.2. The van der Waals surface area contributed by atoms with Crippen LogP contribution < -0.4 is 29.6 Å². The summed E-state index contributed by atoms with van der Waals surface area (Å²) in [6, 6.07) is 0. The minimum absolute atomic E-state index is 0. The summed E-state index contributed by atoms with van der Waals surface area (Å²) >= 11 is 0. The van der Waals surface area contributed by atoms with E-state index in [1.54, 1.807) is 0 Å². The van der Waals surface area contributed by atoms with E-state index >= 15 is 0 Å². The van der Waals surface area contributed by atoms with Gasteiger partial charge in [0.1, 0.15) is 0 Å². The molecule has 0 amide bonds. The van der Waals surface area contributed by atoms with Gasteiger partial charge in [-0.15, -0.1) is 0 Å². The van der Waals surface area contributed by atoms with Crippen LogP contribution in [0.1, 0.15) is 103 Å². The molecule has 1 atom stereocenters. The van der Waals surface area contributed by atoms with Crippen molar-refractivity contribution in [3.8, 4) is 0 Å². The summed E-state index contributed by atoms with van der Waals surface area (Å²) in [4.78, 5) is 10.4. The number of aliphatic hydroxyl groups is 1. The molecular weight excluding hydrogens is 303 g/mol. The fraction of sp³-hybridized carbons (Fsp3) is 0.944. The van der Waals surface area contributed by atoms with Crippen LogP contribution in [0.25, 0.3) is 0 Å². The van der Waals surface area contributed by atoms with Gasteiger partial charge in [-0.3, -0.25) is 0 Å². The standard InChI is InChI=1S/C18H36O3.Na.H2O/c1-2-3-4-5-6-7-8-9-10-11-12-13-14-15-16-17(19)18(20)21;;/h17,19H,2-16H2,1H3,(H,20,21);;1H2/q;+1;/p-1. The second kappa shape index (κ2) is 22.4. The largest absolute Gasteiger partial charge is 1.00 e. The van der Waals surface area contributed by atoms with Gasteiger partial charge in [-0.25, -0.2) is 4.79 Å². The van der Waals surface area contributed by atoms with Gasteiger partial charge in [0.05, 0.1) is 0 Å². The Balaban J connectivity index is -0.00000200. The van der Waals surface area contributed by atoms with Crippen molar-refractivity contribution in [1.29, 1.82) is 0 Å². The van der Waals surface area contributed by atoms with E-state index in [0.29, 0.717) is 6.42 Å². The van der Waals surface area contributed by atoms with Crippen molar-refractivity contribution in [2.45, 2.75) is 109 Å². The van der Waals surface area contributed by atoms with Gasteiger partial charge in [0.25, 0.3) is 0 Å². The van der Waals surface area contributed by atoms with Gasteiger partial charge in [0.15, 0.2) is 6.10 Å². The molecule has 0 radical (unpaired) electrons. The van der Waals surface area contributed by atoms with E-state index in [0.717, 1.165) is 12.8 Å². The summed E-state index contributed by atoms with van der Waals surface area (Å²) in [5.74, 6) is -1.09. The molecule has 1 unspecified atom stereocenters. The quantitative estimate of drug-likeness (QED) is 0.333. The second-order valence-corrected chi connectivity index (χ2v) is 6.24. The van der Waals surface area contributed by atoms with Crippen LogP contribution in [0.15, 0.2) is 0 Å². The molecule has 4 nitrogen and oxygen atoms in total. The average Bonchev–Trinajstić information content (AvgIpc) is 2.47. The molecule has 0 aliphatic heterocycles. The first-order valence-electron chi connectivity index (χ1n) is 9.09. The molecule has 0 bridgehead atoms. The second-order valence-electron chi connectivity index (χ2n) is 6.24. The molecule has 0 fully saturated rings. The van der Waals surface area contributed by atoms with Crippen molar-refractivity contribution >= 4 is 5.97 Å². The number of carboxylic acids is 1. The third kappa shape index (κ3) is 22.4. The Labute approximate surface area is 165 Å². The number of hydrogen-bond acceptors (Lipinski definition) is 3. The molecule has 134 valence electrons. The first-order valence-corrected chi connectivity index (χ1v) is 9.09. The van der Waals surface area contributed by atoms with Gasteiger partial charge in [-0.1, -0.05) is 96.8 Å².